The van der Waals surface area contributed by atoms with Gasteiger partial charge in [-0.2, -0.15) is 0 Å². The van der Waals surface area contributed by atoms with Crippen LogP contribution in [0.2, 0.25) is 0 Å². The molecule has 0 N–H and O–H groups in total. The number of hydrogen-bond acceptors (Lipinski definition) is 2. The Morgan fingerprint density at radius 1 is 0.667 bits per heavy atom. The van der Waals surface area contributed by atoms with E-state index in [0.717, 1.165) is 22.3 Å². The fraction of sp³-hybridized carbons (Fsp3) is 0.0455. The van der Waals surface area contributed by atoms with Gasteiger partial charge >= 0.3 is 0 Å². The van der Waals surface area contributed by atoms with Crippen LogP contribution in [0.5, 0.6) is 0 Å². The van der Waals surface area contributed by atoms with Crippen LogP contribution in [0, 0.1) is 0 Å². The van der Waals surface area contributed by atoms with E-state index in [2.05, 4.69) is 29.7 Å². The number of benzene rings is 3. The molecule has 0 aliphatic rings. The number of ketones is 1. The normalized spacial score (nSPS) is 10.2. The van der Waals surface area contributed by atoms with E-state index >= 15 is 0 Å². The Morgan fingerprint density at radius 3 is 1.54 bits per heavy atom. The molecule has 0 saturated heterocycles. The molecular weight excluding hydrogens is 312 g/mol. The maximum atomic E-state index is 12.2. The van der Waals surface area contributed by atoms with Crippen molar-refractivity contribution < 1.29 is 4.79 Å². The molecule has 0 aromatic heterocycles. The van der Waals surface area contributed by atoms with E-state index in [-0.39, 0.29) is 5.78 Å². The first-order valence-corrected chi connectivity index (χ1v) is 8.90. The number of thioether (sulfide) groups is 1. The second-order valence-electron chi connectivity index (χ2n) is 5.36. The molecule has 0 heterocycles. The minimum atomic E-state index is 0.150. The van der Waals surface area contributed by atoms with Crippen molar-refractivity contribution in [3.63, 3.8) is 0 Å². The van der Waals surface area contributed by atoms with Crippen LogP contribution in [0.1, 0.15) is 21.5 Å². The quantitative estimate of drug-likeness (QED) is 0.540. The predicted octanol–water partition coefficient (Wildman–Crippen LogP) is 5.69. The Labute approximate surface area is 147 Å². The molecule has 118 valence electrons. The standard InChI is InChI=1S/C22H18OS/c23-22(20-14-8-3-9-15-20)17-24-16-21(18-10-4-1-5-11-18)19-12-6-2-7-13-19/h1-16H,17H2. The van der Waals surface area contributed by atoms with Gasteiger partial charge in [-0.25, -0.2) is 0 Å². The topological polar surface area (TPSA) is 17.1 Å². The van der Waals surface area contributed by atoms with Gasteiger partial charge in [0.1, 0.15) is 0 Å². The lowest BCUT2D eigenvalue weighted by molar-refractivity contribution is 0.102. The Balaban J connectivity index is 1.79. The van der Waals surface area contributed by atoms with E-state index in [1.165, 1.54) is 0 Å². The van der Waals surface area contributed by atoms with Gasteiger partial charge in [0.05, 0.1) is 5.75 Å². The molecule has 0 saturated carbocycles. The zero-order chi connectivity index (χ0) is 16.6. The van der Waals surface area contributed by atoms with Crippen LogP contribution in [0.25, 0.3) is 5.57 Å². The molecule has 0 aliphatic carbocycles. The largest absolute Gasteiger partial charge is 0.293 e. The second-order valence-corrected chi connectivity index (χ2v) is 6.22. The smallest absolute Gasteiger partial charge is 0.173 e. The van der Waals surface area contributed by atoms with Crippen LogP contribution >= 0.6 is 11.8 Å². The zero-order valence-electron chi connectivity index (χ0n) is 13.3. The first-order chi connectivity index (χ1) is 11.8. The Hall–Kier alpha value is -2.58. The van der Waals surface area contributed by atoms with Crippen LogP contribution in [-0.2, 0) is 0 Å². The van der Waals surface area contributed by atoms with Crippen molar-refractivity contribution in [2.24, 2.45) is 0 Å². The molecule has 0 aliphatic heterocycles. The number of hydrogen-bond donors (Lipinski definition) is 0. The van der Waals surface area contributed by atoms with Gasteiger partial charge < -0.3 is 0 Å². The molecule has 0 unspecified atom stereocenters. The summed E-state index contributed by atoms with van der Waals surface area (Å²) in [4.78, 5) is 12.2. The van der Waals surface area contributed by atoms with Crippen molar-refractivity contribution in [1.82, 2.24) is 0 Å². The Kier molecular flexibility index (Phi) is 5.65. The van der Waals surface area contributed by atoms with E-state index in [9.17, 15) is 4.79 Å². The number of carbonyl (C=O) groups is 1. The summed E-state index contributed by atoms with van der Waals surface area (Å²) >= 11 is 1.54. The van der Waals surface area contributed by atoms with Crippen molar-refractivity contribution >= 4 is 23.1 Å². The summed E-state index contributed by atoms with van der Waals surface area (Å²) in [6, 6.07) is 30.0. The number of rotatable bonds is 6. The maximum absolute atomic E-state index is 12.2. The van der Waals surface area contributed by atoms with E-state index in [0.29, 0.717) is 5.75 Å². The van der Waals surface area contributed by atoms with Gasteiger partial charge in [-0.05, 0) is 22.1 Å². The van der Waals surface area contributed by atoms with Crippen LogP contribution in [0.4, 0.5) is 0 Å². The summed E-state index contributed by atoms with van der Waals surface area (Å²) in [6.07, 6.45) is 0. The summed E-state index contributed by atoms with van der Waals surface area (Å²) in [5.41, 5.74) is 4.22. The molecule has 0 atom stereocenters. The minimum Gasteiger partial charge on any atom is -0.293 e. The molecule has 1 nitrogen and oxygen atoms in total. The lowest BCUT2D eigenvalue weighted by Gasteiger charge is -2.08. The molecule has 0 spiro atoms. The second kappa shape index (κ2) is 8.32. The molecule has 0 amide bonds. The predicted molar refractivity (Wildman–Crippen MR) is 103 cm³/mol. The van der Waals surface area contributed by atoms with Gasteiger partial charge in [0.25, 0.3) is 0 Å². The van der Waals surface area contributed by atoms with Crippen LogP contribution in [0.3, 0.4) is 0 Å². The molecule has 0 fully saturated rings. The summed E-state index contributed by atoms with van der Waals surface area (Å²) in [7, 11) is 0. The van der Waals surface area contributed by atoms with E-state index in [4.69, 9.17) is 0 Å². The average molecular weight is 330 g/mol. The highest BCUT2D eigenvalue weighted by Gasteiger charge is 2.07. The highest BCUT2D eigenvalue weighted by atomic mass is 32.2. The third-order valence-electron chi connectivity index (χ3n) is 3.68. The van der Waals surface area contributed by atoms with Gasteiger partial charge in [-0.15, -0.1) is 11.8 Å². The van der Waals surface area contributed by atoms with Gasteiger partial charge in [-0.1, -0.05) is 91.0 Å². The molecule has 2 heteroatoms. The number of carbonyl (C=O) groups excluding carboxylic acids is 1. The van der Waals surface area contributed by atoms with Crippen LogP contribution in [0.15, 0.2) is 96.4 Å². The van der Waals surface area contributed by atoms with Gasteiger partial charge in [0.15, 0.2) is 5.78 Å². The fourth-order valence-electron chi connectivity index (χ4n) is 2.45. The molecule has 24 heavy (non-hydrogen) atoms. The molecule has 0 bridgehead atoms. The molecule has 3 aromatic rings. The first-order valence-electron chi connectivity index (χ1n) is 7.85. The third-order valence-corrected chi connectivity index (χ3v) is 4.51. The molecular formula is C22H18OS. The third kappa shape index (κ3) is 4.24. The zero-order valence-corrected chi connectivity index (χ0v) is 14.1. The lowest BCUT2D eigenvalue weighted by Crippen LogP contribution is -2.01. The molecule has 3 rings (SSSR count). The SMILES string of the molecule is O=C(CSC=C(c1ccccc1)c1ccccc1)c1ccccc1. The first kappa shape index (κ1) is 16.3. The highest BCUT2D eigenvalue weighted by Crippen LogP contribution is 2.26. The summed E-state index contributed by atoms with van der Waals surface area (Å²) < 4.78 is 0. The van der Waals surface area contributed by atoms with Crippen molar-refractivity contribution in [2.45, 2.75) is 0 Å². The van der Waals surface area contributed by atoms with E-state index in [1.54, 1.807) is 11.8 Å². The Bertz CT molecular complexity index is 767. The van der Waals surface area contributed by atoms with Crippen LogP contribution < -0.4 is 0 Å². The van der Waals surface area contributed by atoms with Crippen molar-refractivity contribution in [3.05, 3.63) is 113 Å². The number of Topliss-reactive ketones (excluding diaryl/α,β-unsaturated/α-hetero) is 1. The van der Waals surface area contributed by atoms with Gasteiger partial charge in [0, 0.05) is 5.56 Å². The van der Waals surface area contributed by atoms with E-state index < -0.39 is 0 Å². The van der Waals surface area contributed by atoms with Crippen LogP contribution in [-0.4, -0.2) is 11.5 Å². The van der Waals surface area contributed by atoms with Gasteiger partial charge in [-0.3, -0.25) is 4.79 Å². The average Bonchev–Trinajstić information content (AvgIpc) is 2.67. The monoisotopic (exact) mass is 330 g/mol. The summed E-state index contributed by atoms with van der Waals surface area (Å²) in [6.45, 7) is 0. The van der Waals surface area contributed by atoms with Crippen molar-refractivity contribution in [1.29, 1.82) is 0 Å². The summed E-state index contributed by atoms with van der Waals surface area (Å²) in [5, 5.41) is 2.09. The minimum absolute atomic E-state index is 0.150. The van der Waals surface area contributed by atoms with Crippen molar-refractivity contribution in [3.8, 4) is 0 Å². The molecule has 0 radical (unpaired) electrons. The lowest BCUT2D eigenvalue weighted by atomic mass is 10.00. The maximum Gasteiger partial charge on any atom is 0.173 e. The Morgan fingerprint density at radius 2 is 1.08 bits per heavy atom. The van der Waals surface area contributed by atoms with E-state index in [1.807, 2.05) is 66.7 Å². The summed E-state index contributed by atoms with van der Waals surface area (Å²) in [5.74, 6) is 0.588. The fourth-order valence-corrected chi connectivity index (χ4v) is 3.29. The highest BCUT2D eigenvalue weighted by molar-refractivity contribution is 8.03. The van der Waals surface area contributed by atoms with Gasteiger partial charge in [0.2, 0.25) is 0 Å². The molecule has 3 aromatic carbocycles. The van der Waals surface area contributed by atoms with Crippen molar-refractivity contribution in [2.75, 3.05) is 5.75 Å².